The van der Waals surface area contributed by atoms with E-state index in [4.69, 9.17) is 16.6 Å². The number of nitrogens with zero attached hydrogens (tertiary/aromatic N) is 1. The Bertz CT molecular complexity index is 940. The second kappa shape index (κ2) is 4.90. The average molecular weight is 293 g/mol. The van der Waals surface area contributed by atoms with Gasteiger partial charge in [-0.05, 0) is 35.9 Å². The molecule has 0 unspecified atom stereocenters. The van der Waals surface area contributed by atoms with Crippen LogP contribution >= 0.6 is 11.6 Å². The van der Waals surface area contributed by atoms with Crippen molar-refractivity contribution in [2.75, 3.05) is 0 Å². The van der Waals surface area contributed by atoms with Crippen molar-refractivity contribution in [2.24, 2.45) is 0 Å². The largest absolute Gasteiger partial charge is 0.339 e. The molecule has 0 radical (unpaired) electrons. The molecule has 21 heavy (non-hydrogen) atoms. The van der Waals surface area contributed by atoms with E-state index in [0.717, 1.165) is 28.3 Å². The highest BCUT2D eigenvalue weighted by Gasteiger charge is 2.06. The third-order valence-electron chi connectivity index (χ3n) is 3.70. The molecular formula is C18H13ClN2. The number of rotatable bonds is 2. The molecule has 1 N–H and O–H groups in total. The summed E-state index contributed by atoms with van der Waals surface area (Å²) in [7, 11) is 0. The summed E-state index contributed by atoms with van der Waals surface area (Å²) in [5, 5.41) is 3.15. The highest BCUT2D eigenvalue weighted by atomic mass is 35.5. The van der Waals surface area contributed by atoms with Gasteiger partial charge in [0.05, 0.1) is 0 Å². The summed E-state index contributed by atoms with van der Waals surface area (Å²) < 4.78 is 0. The topological polar surface area (TPSA) is 28.7 Å². The third-order valence-corrected chi connectivity index (χ3v) is 3.93. The van der Waals surface area contributed by atoms with E-state index in [9.17, 15) is 0 Å². The maximum absolute atomic E-state index is 6.03. The predicted molar refractivity (Wildman–Crippen MR) is 87.9 cm³/mol. The van der Waals surface area contributed by atoms with Crippen LogP contribution in [0, 0.1) is 0 Å². The Balaban J connectivity index is 1.78. The average Bonchev–Trinajstić information content (AvgIpc) is 2.85. The highest BCUT2D eigenvalue weighted by molar-refractivity contribution is 6.30. The van der Waals surface area contributed by atoms with Gasteiger partial charge in [-0.3, -0.25) is 0 Å². The standard InChI is InChI=1S/C18H13ClN2/c19-13-5-3-4-12(10-13)11-14-8-9-16-15-6-1-2-7-17(15)21-18(16)20-14/h1-10H,11H2,(H,20,21). The molecule has 2 aromatic carbocycles. The summed E-state index contributed by atoms with van der Waals surface area (Å²) in [4.78, 5) is 8.12. The van der Waals surface area contributed by atoms with Gasteiger partial charge in [-0.15, -0.1) is 0 Å². The highest BCUT2D eigenvalue weighted by Crippen LogP contribution is 2.24. The molecule has 2 nitrogen and oxygen atoms in total. The lowest BCUT2D eigenvalue weighted by molar-refractivity contribution is 1.09. The van der Waals surface area contributed by atoms with Crippen LogP contribution in [0.3, 0.4) is 0 Å². The van der Waals surface area contributed by atoms with Gasteiger partial charge in [-0.2, -0.15) is 0 Å². The maximum atomic E-state index is 6.03. The molecular weight excluding hydrogens is 280 g/mol. The zero-order valence-corrected chi connectivity index (χ0v) is 12.1. The molecule has 0 aliphatic heterocycles. The number of benzene rings is 2. The lowest BCUT2D eigenvalue weighted by Gasteiger charge is -2.02. The molecule has 2 aromatic heterocycles. The van der Waals surface area contributed by atoms with Crippen molar-refractivity contribution in [3.05, 3.63) is 76.9 Å². The van der Waals surface area contributed by atoms with E-state index in [-0.39, 0.29) is 0 Å². The van der Waals surface area contributed by atoms with E-state index in [2.05, 4.69) is 41.4 Å². The van der Waals surface area contributed by atoms with Crippen molar-refractivity contribution in [3.63, 3.8) is 0 Å². The Kier molecular flexibility index (Phi) is 2.90. The second-order valence-electron chi connectivity index (χ2n) is 5.18. The normalized spacial score (nSPS) is 11.3. The fraction of sp³-hybridized carbons (Fsp3) is 0.0556. The fourth-order valence-electron chi connectivity index (χ4n) is 2.72. The number of H-pyrrole nitrogens is 1. The van der Waals surface area contributed by atoms with E-state index in [1.165, 1.54) is 16.3 Å². The minimum absolute atomic E-state index is 0.763. The van der Waals surface area contributed by atoms with Gasteiger partial charge in [0, 0.05) is 33.4 Å². The summed E-state index contributed by atoms with van der Waals surface area (Å²) in [6, 6.07) is 20.4. The summed E-state index contributed by atoms with van der Waals surface area (Å²) in [5.74, 6) is 0. The molecule has 4 rings (SSSR count). The number of para-hydroxylation sites is 1. The van der Waals surface area contributed by atoms with Gasteiger partial charge < -0.3 is 4.98 Å². The first-order valence-corrected chi connectivity index (χ1v) is 7.28. The molecule has 0 aliphatic carbocycles. The first-order valence-electron chi connectivity index (χ1n) is 6.90. The number of fused-ring (bicyclic) bond motifs is 3. The summed E-state index contributed by atoms with van der Waals surface area (Å²) in [6.07, 6.45) is 0.784. The van der Waals surface area contributed by atoms with Gasteiger partial charge >= 0.3 is 0 Å². The molecule has 0 bridgehead atoms. The summed E-state index contributed by atoms with van der Waals surface area (Å²) >= 11 is 6.03. The maximum Gasteiger partial charge on any atom is 0.138 e. The fourth-order valence-corrected chi connectivity index (χ4v) is 2.93. The first-order chi connectivity index (χ1) is 10.3. The molecule has 0 fully saturated rings. The van der Waals surface area contributed by atoms with E-state index in [1.54, 1.807) is 0 Å². The van der Waals surface area contributed by atoms with Crippen LogP contribution in [0.15, 0.2) is 60.7 Å². The number of halogens is 1. The first kappa shape index (κ1) is 12.4. The quantitative estimate of drug-likeness (QED) is 0.556. The molecule has 4 aromatic rings. The van der Waals surface area contributed by atoms with E-state index in [0.29, 0.717) is 0 Å². The van der Waals surface area contributed by atoms with Gasteiger partial charge in [0.25, 0.3) is 0 Å². The molecule has 0 aliphatic rings. The molecule has 0 atom stereocenters. The van der Waals surface area contributed by atoms with Crippen molar-refractivity contribution >= 4 is 33.5 Å². The Labute approximate surface area is 127 Å². The predicted octanol–water partition coefficient (Wildman–Crippen LogP) is 4.96. The number of aromatic amines is 1. The van der Waals surface area contributed by atoms with Crippen LogP contribution in [0.4, 0.5) is 0 Å². The number of nitrogens with one attached hydrogen (secondary N) is 1. The smallest absolute Gasteiger partial charge is 0.138 e. The number of hydrogen-bond acceptors (Lipinski definition) is 1. The van der Waals surface area contributed by atoms with Gasteiger partial charge in [-0.1, -0.05) is 41.9 Å². The van der Waals surface area contributed by atoms with Crippen LogP contribution in [0.1, 0.15) is 11.3 Å². The van der Waals surface area contributed by atoms with Crippen molar-refractivity contribution in [2.45, 2.75) is 6.42 Å². The third kappa shape index (κ3) is 2.28. The van der Waals surface area contributed by atoms with E-state index >= 15 is 0 Å². The van der Waals surface area contributed by atoms with E-state index in [1.807, 2.05) is 24.3 Å². The zero-order chi connectivity index (χ0) is 14.2. The van der Waals surface area contributed by atoms with Crippen molar-refractivity contribution in [1.82, 2.24) is 9.97 Å². The second-order valence-corrected chi connectivity index (χ2v) is 5.61. The SMILES string of the molecule is Clc1cccc(Cc2ccc3c(n2)[nH]c2ccccc23)c1. The summed E-state index contributed by atoms with van der Waals surface area (Å²) in [6.45, 7) is 0. The van der Waals surface area contributed by atoms with Crippen LogP contribution in [0.25, 0.3) is 21.9 Å². The Morgan fingerprint density at radius 1 is 0.905 bits per heavy atom. The van der Waals surface area contributed by atoms with Crippen molar-refractivity contribution in [1.29, 1.82) is 0 Å². The molecule has 102 valence electrons. The van der Waals surface area contributed by atoms with Crippen LogP contribution in [0.5, 0.6) is 0 Å². The van der Waals surface area contributed by atoms with Crippen molar-refractivity contribution in [3.8, 4) is 0 Å². The number of aromatic nitrogens is 2. The van der Waals surface area contributed by atoms with Crippen LogP contribution in [-0.4, -0.2) is 9.97 Å². The molecule has 0 saturated carbocycles. The lowest BCUT2D eigenvalue weighted by atomic mass is 10.1. The lowest BCUT2D eigenvalue weighted by Crippen LogP contribution is -1.92. The monoisotopic (exact) mass is 292 g/mol. The van der Waals surface area contributed by atoms with Gasteiger partial charge in [-0.25, -0.2) is 4.98 Å². The molecule has 0 spiro atoms. The van der Waals surface area contributed by atoms with Gasteiger partial charge in [0.15, 0.2) is 0 Å². The van der Waals surface area contributed by atoms with Crippen LogP contribution in [-0.2, 0) is 6.42 Å². The van der Waals surface area contributed by atoms with E-state index < -0.39 is 0 Å². The Morgan fingerprint density at radius 2 is 1.81 bits per heavy atom. The number of hydrogen-bond donors (Lipinski definition) is 1. The summed E-state index contributed by atoms with van der Waals surface area (Å²) in [5.41, 5.74) is 4.28. The van der Waals surface area contributed by atoms with Crippen LogP contribution in [0.2, 0.25) is 5.02 Å². The minimum Gasteiger partial charge on any atom is -0.339 e. The van der Waals surface area contributed by atoms with Crippen LogP contribution < -0.4 is 0 Å². The van der Waals surface area contributed by atoms with Gasteiger partial charge in [0.2, 0.25) is 0 Å². The zero-order valence-electron chi connectivity index (χ0n) is 11.3. The molecule has 2 heterocycles. The molecule has 3 heteroatoms. The Morgan fingerprint density at radius 3 is 2.71 bits per heavy atom. The Hall–Kier alpha value is -2.32. The molecule has 0 amide bonds. The minimum atomic E-state index is 0.763. The van der Waals surface area contributed by atoms with Gasteiger partial charge in [0.1, 0.15) is 5.65 Å². The molecule has 0 saturated heterocycles. The number of pyridine rings is 1. The van der Waals surface area contributed by atoms with Crippen molar-refractivity contribution < 1.29 is 0 Å².